The Hall–Kier alpha value is -2.41. The van der Waals surface area contributed by atoms with Crippen LogP contribution in [0.15, 0.2) is 46.9 Å². The normalized spacial score (nSPS) is 10.1. The van der Waals surface area contributed by atoms with Crippen LogP contribution < -0.4 is 4.74 Å². The largest absolute Gasteiger partial charge is 0.497 e. The highest BCUT2D eigenvalue weighted by molar-refractivity contribution is 9.10. The zero-order valence-electron chi connectivity index (χ0n) is 11.6. The summed E-state index contributed by atoms with van der Waals surface area (Å²) in [5, 5.41) is 10.8. The minimum absolute atomic E-state index is 0.0761. The highest BCUT2D eigenvalue weighted by atomic mass is 79.9. The molecule has 0 aliphatic heterocycles. The molecule has 7 heteroatoms. The van der Waals surface area contributed by atoms with Crippen molar-refractivity contribution in [2.45, 2.75) is 6.61 Å². The zero-order chi connectivity index (χ0) is 16.1. The Bertz CT molecular complexity index is 700. The average molecular weight is 366 g/mol. The quantitative estimate of drug-likeness (QED) is 0.458. The summed E-state index contributed by atoms with van der Waals surface area (Å²) in [6, 6.07) is 11.2. The van der Waals surface area contributed by atoms with Crippen LogP contribution in [-0.4, -0.2) is 18.0 Å². The second kappa shape index (κ2) is 7.04. The lowest BCUT2D eigenvalue weighted by Gasteiger charge is -2.06. The second-order valence-corrected chi connectivity index (χ2v) is 5.20. The molecule has 0 amide bonds. The van der Waals surface area contributed by atoms with Crippen LogP contribution in [0.1, 0.15) is 15.9 Å². The highest BCUT2D eigenvalue weighted by Crippen LogP contribution is 2.26. The van der Waals surface area contributed by atoms with E-state index in [0.29, 0.717) is 10.2 Å². The van der Waals surface area contributed by atoms with Crippen molar-refractivity contribution in [3.05, 3.63) is 68.2 Å². The van der Waals surface area contributed by atoms with Crippen molar-refractivity contribution >= 4 is 27.6 Å². The number of hydrogen-bond donors (Lipinski definition) is 0. The Morgan fingerprint density at radius 1 is 1.23 bits per heavy atom. The van der Waals surface area contributed by atoms with Gasteiger partial charge in [0.1, 0.15) is 12.4 Å². The molecule has 0 aliphatic carbocycles. The number of nitro benzene ring substituents is 1. The molecule has 0 spiro atoms. The second-order valence-electron chi connectivity index (χ2n) is 4.35. The van der Waals surface area contributed by atoms with E-state index in [2.05, 4.69) is 15.9 Å². The first kappa shape index (κ1) is 16.0. The molecule has 2 aromatic rings. The molecule has 0 fully saturated rings. The van der Waals surface area contributed by atoms with Gasteiger partial charge in [0.2, 0.25) is 0 Å². The summed E-state index contributed by atoms with van der Waals surface area (Å²) >= 11 is 3.06. The van der Waals surface area contributed by atoms with Gasteiger partial charge in [0, 0.05) is 6.07 Å². The molecule has 6 nitrogen and oxygen atoms in total. The van der Waals surface area contributed by atoms with Crippen LogP contribution in [0, 0.1) is 10.1 Å². The van der Waals surface area contributed by atoms with Gasteiger partial charge in [-0.3, -0.25) is 10.1 Å². The summed E-state index contributed by atoms with van der Waals surface area (Å²) in [5.74, 6) is 0.0880. The molecular formula is C15H12BrNO5. The van der Waals surface area contributed by atoms with E-state index in [4.69, 9.17) is 9.47 Å². The van der Waals surface area contributed by atoms with Crippen LogP contribution in [0.25, 0.3) is 0 Å². The maximum absolute atomic E-state index is 11.9. The van der Waals surface area contributed by atoms with Crippen LogP contribution in [-0.2, 0) is 11.3 Å². The fourth-order valence-corrected chi connectivity index (χ4v) is 2.12. The van der Waals surface area contributed by atoms with Crippen molar-refractivity contribution in [2.24, 2.45) is 0 Å². The van der Waals surface area contributed by atoms with Crippen molar-refractivity contribution < 1.29 is 19.2 Å². The molecule has 0 unspecified atom stereocenters. The van der Waals surface area contributed by atoms with Gasteiger partial charge in [0.15, 0.2) is 0 Å². The maximum atomic E-state index is 11.9. The van der Waals surface area contributed by atoms with Crippen molar-refractivity contribution in [2.75, 3.05) is 7.11 Å². The van der Waals surface area contributed by atoms with E-state index in [1.165, 1.54) is 18.2 Å². The molecule has 0 aliphatic rings. The Labute approximate surface area is 134 Å². The third-order valence-corrected chi connectivity index (χ3v) is 3.58. The third kappa shape index (κ3) is 3.82. The molecule has 2 rings (SSSR count). The number of benzene rings is 2. The molecule has 0 saturated carbocycles. The summed E-state index contributed by atoms with van der Waals surface area (Å²) in [7, 11) is 1.56. The summed E-state index contributed by atoms with van der Waals surface area (Å²) in [6.45, 7) is 0.0761. The van der Waals surface area contributed by atoms with Crippen molar-refractivity contribution in [3.8, 4) is 5.75 Å². The monoisotopic (exact) mass is 365 g/mol. The van der Waals surface area contributed by atoms with E-state index in [0.717, 1.165) is 5.56 Å². The van der Waals surface area contributed by atoms with Gasteiger partial charge in [-0.25, -0.2) is 4.79 Å². The molecule has 0 atom stereocenters. The van der Waals surface area contributed by atoms with E-state index in [-0.39, 0.29) is 17.9 Å². The van der Waals surface area contributed by atoms with E-state index in [1.54, 1.807) is 31.4 Å². The number of ether oxygens (including phenoxy) is 2. The Morgan fingerprint density at radius 3 is 2.50 bits per heavy atom. The first-order valence-electron chi connectivity index (χ1n) is 6.25. The molecule has 22 heavy (non-hydrogen) atoms. The molecule has 0 heterocycles. The summed E-state index contributed by atoms with van der Waals surface area (Å²) in [4.78, 5) is 22.2. The van der Waals surface area contributed by atoms with Crippen LogP contribution in [0.5, 0.6) is 5.75 Å². The molecule has 0 saturated heterocycles. The van der Waals surface area contributed by atoms with Crippen LogP contribution in [0.2, 0.25) is 0 Å². The summed E-state index contributed by atoms with van der Waals surface area (Å²) < 4.78 is 10.5. The topological polar surface area (TPSA) is 78.7 Å². The molecule has 0 bridgehead atoms. The smallest absolute Gasteiger partial charge is 0.338 e. The lowest BCUT2D eigenvalue weighted by Crippen LogP contribution is -2.06. The number of rotatable bonds is 5. The summed E-state index contributed by atoms with van der Waals surface area (Å²) in [6.07, 6.45) is 0. The highest BCUT2D eigenvalue weighted by Gasteiger charge is 2.16. The first-order valence-corrected chi connectivity index (χ1v) is 7.04. The number of hydrogen-bond acceptors (Lipinski definition) is 5. The number of halogens is 1. The van der Waals surface area contributed by atoms with E-state index in [1.807, 2.05) is 0 Å². The Balaban J connectivity index is 2.05. The SMILES string of the molecule is COc1ccc(COC(=O)c2ccc(Br)c([N+](=O)[O-])c2)cc1. The fourth-order valence-electron chi connectivity index (χ4n) is 1.73. The molecule has 0 radical (unpaired) electrons. The van der Waals surface area contributed by atoms with Crippen LogP contribution in [0.3, 0.4) is 0 Å². The molecule has 114 valence electrons. The van der Waals surface area contributed by atoms with Gasteiger partial charge in [0.25, 0.3) is 5.69 Å². The van der Waals surface area contributed by atoms with E-state index >= 15 is 0 Å². The number of nitro groups is 1. The zero-order valence-corrected chi connectivity index (χ0v) is 13.2. The molecular weight excluding hydrogens is 354 g/mol. The standard InChI is InChI=1S/C15H12BrNO5/c1-21-12-5-2-10(3-6-12)9-22-15(18)11-4-7-13(16)14(8-11)17(19)20/h2-8H,9H2,1H3. The van der Waals surface area contributed by atoms with Crippen molar-refractivity contribution in [1.29, 1.82) is 0 Å². The number of nitrogens with zero attached hydrogens (tertiary/aromatic N) is 1. The average Bonchev–Trinajstić information content (AvgIpc) is 2.53. The van der Waals surface area contributed by atoms with E-state index in [9.17, 15) is 14.9 Å². The van der Waals surface area contributed by atoms with Gasteiger partial charge < -0.3 is 9.47 Å². The van der Waals surface area contributed by atoms with Gasteiger partial charge in [-0.2, -0.15) is 0 Å². The van der Waals surface area contributed by atoms with Gasteiger partial charge in [-0.05, 0) is 45.8 Å². The first-order chi connectivity index (χ1) is 10.5. The Morgan fingerprint density at radius 2 is 1.91 bits per heavy atom. The fraction of sp³-hybridized carbons (Fsp3) is 0.133. The Kier molecular flexibility index (Phi) is 5.11. The maximum Gasteiger partial charge on any atom is 0.338 e. The summed E-state index contributed by atoms with van der Waals surface area (Å²) in [5.41, 5.74) is 0.739. The van der Waals surface area contributed by atoms with Crippen LogP contribution >= 0.6 is 15.9 Å². The third-order valence-electron chi connectivity index (χ3n) is 2.91. The van der Waals surface area contributed by atoms with Crippen molar-refractivity contribution in [1.82, 2.24) is 0 Å². The molecule has 0 aromatic heterocycles. The van der Waals surface area contributed by atoms with Gasteiger partial charge >= 0.3 is 5.97 Å². The molecule has 0 N–H and O–H groups in total. The van der Waals surface area contributed by atoms with Gasteiger partial charge in [-0.1, -0.05) is 12.1 Å². The minimum atomic E-state index is -0.619. The lowest BCUT2D eigenvalue weighted by molar-refractivity contribution is -0.385. The number of methoxy groups -OCH3 is 1. The van der Waals surface area contributed by atoms with Crippen molar-refractivity contribution in [3.63, 3.8) is 0 Å². The number of esters is 1. The number of carbonyl (C=O) groups is 1. The molecule has 2 aromatic carbocycles. The predicted molar refractivity (Wildman–Crippen MR) is 82.9 cm³/mol. The predicted octanol–water partition coefficient (Wildman–Crippen LogP) is 3.72. The lowest BCUT2D eigenvalue weighted by atomic mass is 10.2. The minimum Gasteiger partial charge on any atom is -0.497 e. The van der Waals surface area contributed by atoms with Gasteiger partial charge in [0.05, 0.1) is 22.1 Å². The van der Waals surface area contributed by atoms with E-state index < -0.39 is 10.9 Å². The van der Waals surface area contributed by atoms with Gasteiger partial charge in [-0.15, -0.1) is 0 Å². The number of carbonyl (C=O) groups excluding carboxylic acids is 1. The van der Waals surface area contributed by atoms with Crippen LogP contribution in [0.4, 0.5) is 5.69 Å².